The van der Waals surface area contributed by atoms with E-state index in [1.54, 1.807) is 0 Å². The zero-order valence-electron chi connectivity index (χ0n) is 15.3. The summed E-state index contributed by atoms with van der Waals surface area (Å²) in [6.45, 7) is 5.71. The summed E-state index contributed by atoms with van der Waals surface area (Å²) in [6.07, 6.45) is 11.0. The van der Waals surface area contributed by atoms with Gasteiger partial charge in [0.1, 0.15) is 0 Å². The number of halogens is 4. The predicted octanol–water partition coefficient (Wildman–Crippen LogP) is 7.43. The molecule has 1 aromatic rings. The summed E-state index contributed by atoms with van der Waals surface area (Å²) in [4.78, 5) is 0. The second kappa shape index (κ2) is 9.98. The van der Waals surface area contributed by atoms with Crippen LogP contribution in [0.1, 0.15) is 69.8 Å². The van der Waals surface area contributed by atoms with Crippen molar-refractivity contribution in [3.05, 3.63) is 42.2 Å². The molecule has 5 heteroatoms. The first-order chi connectivity index (χ1) is 12.6. The molecule has 0 unspecified atom stereocenters. The lowest BCUT2D eigenvalue weighted by Gasteiger charge is -2.37. The lowest BCUT2D eigenvalue weighted by Crippen LogP contribution is -2.24. The number of rotatable bonds is 4. The molecule has 0 bridgehead atoms. The first-order valence-corrected chi connectivity index (χ1v) is 9.49. The maximum absolute atomic E-state index is 14.0. The third-order valence-corrected chi connectivity index (χ3v) is 6.19. The van der Waals surface area contributed by atoms with Crippen LogP contribution in [-0.2, 0) is 0 Å². The van der Waals surface area contributed by atoms with Gasteiger partial charge in [-0.25, -0.2) is 8.78 Å². The molecule has 0 spiro atoms. The summed E-state index contributed by atoms with van der Waals surface area (Å²) in [6, 6.07) is 2.88. The maximum Gasteiger partial charge on any atom is 0.197 e. The summed E-state index contributed by atoms with van der Waals surface area (Å²) in [5, 5.41) is 0. The van der Waals surface area contributed by atoms with Gasteiger partial charge in [0.2, 0.25) is 0 Å². The second-order valence-corrected chi connectivity index (χ2v) is 7.73. The minimum Gasteiger partial charge on any atom is -0.459 e. The second-order valence-electron chi connectivity index (χ2n) is 7.73. The Kier molecular flexibility index (Phi) is 7.98. The number of benzene rings is 1. The fourth-order valence-corrected chi connectivity index (χ4v) is 4.69. The third-order valence-electron chi connectivity index (χ3n) is 6.19. The van der Waals surface area contributed by atoms with Crippen LogP contribution in [0.25, 0.3) is 0 Å². The molecular weight excluding hydrogens is 344 g/mol. The molecule has 0 N–H and O–H groups in total. The predicted molar refractivity (Wildman–Crippen MR) is 95.2 cm³/mol. The lowest BCUT2D eigenvalue weighted by atomic mass is 9.68. The van der Waals surface area contributed by atoms with Gasteiger partial charge >= 0.3 is 0 Å². The fourth-order valence-electron chi connectivity index (χ4n) is 4.69. The molecule has 146 valence electrons. The highest BCUT2D eigenvalue weighted by molar-refractivity contribution is 5.33. The summed E-state index contributed by atoms with van der Waals surface area (Å²) in [5.41, 5.74) is 0.775. The first kappa shape index (κ1) is 20.8. The van der Waals surface area contributed by atoms with E-state index in [0.29, 0.717) is 0 Å². The van der Waals surface area contributed by atoms with Crippen LogP contribution in [0, 0.1) is 29.4 Å². The highest BCUT2D eigenvalue weighted by Crippen LogP contribution is 2.44. The SMILES string of the molecule is C=COc1c(F)cc(C2CCC(C3CCC(C)CC3)CC2)cc1F.FF. The van der Waals surface area contributed by atoms with Crippen LogP contribution in [0.4, 0.5) is 17.9 Å². The molecule has 0 aromatic heterocycles. The Morgan fingerprint density at radius 1 is 0.885 bits per heavy atom. The highest BCUT2D eigenvalue weighted by Gasteiger charge is 2.31. The summed E-state index contributed by atoms with van der Waals surface area (Å²) in [7, 11) is 0. The van der Waals surface area contributed by atoms with Crippen LogP contribution in [-0.4, -0.2) is 0 Å². The lowest BCUT2D eigenvalue weighted by molar-refractivity contribution is 0.108. The standard InChI is InChI=1S/C21H28F2O.F2/c1-3-24-21-19(22)12-18(13-20(21)23)17-10-8-16(9-11-17)15-6-4-14(2)5-7-15;1-2/h3,12-17H,1,4-11H2,2H3;. The summed E-state index contributed by atoms with van der Waals surface area (Å²) < 4.78 is 48.9. The van der Waals surface area contributed by atoms with E-state index in [-0.39, 0.29) is 11.7 Å². The minimum absolute atomic E-state index is 0.269. The molecule has 0 atom stereocenters. The molecule has 26 heavy (non-hydrogen) atoms. The van der Waals surface area contributed by atoms with Crippen LogP contribution in [0.5, 0.6) is 5.75 Å². The molecular formula is C21H28F4O. The van der Waals surface area contributed by atoms with Crippen molar-refractivity contribution in [2.45, 2.75) is 64.2 Å². The van der Waals surface area contributed by atoms with E-state index >= 15 is 0 Å². The zero-order valence-corrected chi connectivity index (χ0v) is 15.3. The molecule has 1 nitrogen and oxygen atoms in total. The molecule has 3 rings (SSSR count). The van der Waals surface area contributed by atoms with E-state index in [0.717, 1.165) is 42.4 Å². The van der Waals surface area contributed by atoms with Crippen LogP contribution >= 0.6 is 0 Å². The van der Waals surface area contributed by atoms with Gasteiger partial charge < -0.3 is 4.74 Å². The van der Waals surface area contributed by atoms with Crippen LogP contribution in [0.2, 0.25) is 0 Å². The van der Waals surface area contributed by atoms with E-state index in [4.69, 9.17) is 13.9 Å². The van der Waals surface area contributed by atoms with Gasteiger partial charge in [-0.15, -0.1) is 0 Å². The fraction of sp³-hybridized carbons (Fsp3) is 0.619. The van der Waals surface area contributed by atoms with Crippen molar-refractivity contribution in [1.82, 2.24) is 0 Å². The van der Waals surface area contributed by atoms with Gasteiger partial charge in [-0.1, -0.05) is 26.3 Å². The quantitative estimate of drug-likeness (QED) is 0.394. The Morgan fingerprint density at radius 3 is 1.81 bits per heavy atom. The van der Waals surface area contributed by atoms with Gasteiger partial charge in [0.15, 0.2) is 17.4 Å². The van der Waals surface area contributed by atoms with Crippen LogP contribution < -0.4 is 4.74 Å². The Morgan fingerprint density at radius 2 is 1.35 bits per heavy atom. The molecule has 0 radical (unpaired) electrons. The van der Waals surface area contributed by atoms with Crippen molar-refractivity contribution in [3.8, 4) is 5.75 Å². The number of hydrogen-bond acceptors (Lipinski definition) is 1. The van der Waals surface area contributed by atoms with Crippen LogP contribution in [0.15, 0.2) is 25.0 Å². The molecule has 0 amide bonds. The maximum atomic E-state index is 14.0. The van der Waals surface area contributed by atoms with Gasteiger partial charge in [0.05, 0.1) is 6.26 Å². The van der Waals surface area contributed by atoms with Gasteiger partial charge in [-0.2, -0.15) is 0 Å². The Hall–Kier alpha value is -1.52. The number of hydrogen-bond donors (Lipinski definition) is 0. The highest BCUT2D eigenvalue weighted by atomic mass is 20.0. The molecule has 0 saturated heterocycles. The van der Waals surface area contributed by atoms with E-state index in [2.05, 4.69) is 13.5 Å². The van der Waals surface area contributed by atoms with Crippen molar-refractivity contribution in [2.75, 3.05) is 0 Å². The summed E-state index contributed by atoms with van der Waals surface area (Å²) >= 11 is 0. The largest absolute Gasteiger partial charge is 0.459 e. The van der Waals surface area contributed by atoms with E-state index in [9.17, 15) is 8.78 Å². The monoisotopic (exact) mass is 372 g/mol. The molecule has 1 aromatic carbocycles. The Balaban J connectivity index is 0.00000117. The molecule has 2 aliphatic rings. The van der Waals surface area contributed by atoms with Crippen molar-refractivity contribution in [1.29, 1.82) is 0 Å². The topological polar surface area (TPSA) is 9.23 Å². The van der Waals surface area contributed by atoms with Crippen molar-refractivity contribution < 1.29 is 22.7 Å². The Labute approximate surface area is 153 Å². The van der Waals surface area contributed by atoms with Crippen molar-refractivity contribution in [3.63, 3.8) is 0 Å². The van der Waals surface area contributed by atoms with Crippen LogP contribution in [0.3, 0.4) is 0 Å². The van der Waals surface area contributed by atoms with E-state index in [1.165, 1.54) is 50.7 Å². The third kappa shape index (κ3) is 5.01. The van der Waals surface area contributed by atoms with Gasteiger partial charge in [-0.3, -0.25) is 0 Å². The summed E-state index contributed by atoms with van der Waals surface area (Å²) in [5.74, 6) is 1.23. The van der Waals surface area contributed by atoms with E-state index in [1.807, 2.05) is 0 Å². The number of ether oxygens (including phenoxy) is 1. The average molecular weight is 372 g/mol. The minimum atomic E-state index is -0.631. The van der Waals surface area contributed by atoms with E-state index < -0.39 is 11.6 Å². The van der Waals surface area contributed by atoms with Gasteiger partial charge in [0.25, 0.3) is 0 Å². The normalized spacial score (nSPS) is 28.7. The molecule has 2 fully saturated rings. The van der Waals surface area contributed by atoms with Crippen molar-refractivity contribution >= 4 is 0 Å². The van der Waals surface area contributed by atoms with Gasteiger partial charge in [-0.05, 0) is 79.9 Å². The molecule has 2 saturated carbocycles. The Bertz CT molecular complexity index is 550. The zero-order chi connectivity index (χ0) is 19.1. The van der Waals surface area contributed by atoms with Crippen molar-refractivity contribution in [2.24, 2.45) is 17.8 Å². The average Bonchev–Trinajstić information content (AvgIpc) is 2.67. The molecule has 0 aliphatic heterocycles. The first-order valence-electron chi connectivity index (χ1n) is 9.49. The van der Waals surface area contributed by atoms with Gasteiger partial charge in [0, 0.05) is 9.15 Å². The molecule has 0 heterocycles. The molecule has 2 aliphatic carbocycles. The smallest absolute Gasteiger partial charge is 0.197 e.